The lowest BCUT2D eigenvalue weighted by atomic mass is 9.86. The molecule has 3 aromatic carbocycles. The molecule has 1 atom stereocenters. The Bertz CT molecular complexity index is 1690. The van der Waals surface area contributed by atoms with E-state index in [2.05, 4.69) is 27.7 Å². The second kappa shape index (κ2) is 14.0. The number of likely N-dealkylation sites (tertiary alicyclic amines) is 1. The molecule has 4 aromatic rings. The quantitative estimate of drug-likeness (QED) is 0.198. The van der Waals surface area contributed by atoms with Crippen molar-refractivity contribution in [2.24, 2.45) is 5.92 Å². The number of amides is 1. The van der Waals surface area contributed by atoms with Gasteiger partial charge in [0, 0.05) is 29.6 Å². The highest BCUT2D eigenvalue weighted by Gasteiger charge is 2.28. The molecule has 1 amide bonds. The summed E-state index contributed by atoms with van der Waals surface area (Å²) in [6.07, 6.45) is 4.04. The summed E-state index contributed by atoms with van der Waals surface area (Å²) in [4.78, 5) is 15.4. The first kappa shape index (κ1) is 30.4. The van der Waals surface area contributed by atoms with E-state index in [9.17, 15) is 9.90 Å². The molecule has 0 radical (unpaired) electrons. The molecule has 230 valence electrons. The number of aliphatic hydroxyl groups excluding tert-OH is 1. The largest absolute Gasteiger partial charge is 0.490 e. The molecule has 2 heterocycles. The normalized spacial score (nSPS) is 19.8. The second-order valence-electron chi connectivity index (χ2n) is 12.0. The summed E-state index contributed by atoms with van der Waals surface area (Å²) < 4.78 is 12.0. The van der Waals surface area contributed by atoms with Crippen LogP contribution in [0.5, 0.6) is 5.75 Å². The van der Waals surface area contributed by atoms with Gasteiger partial charge >= 0.3 is 0 Å². The fraction of sp³-hybridized carbons (Fsp3) is 0.361. The summed E-state index contributed by atoms with van der Waals surface area (Å²) in [5, 5.41) is 36.1. The van der Waals surface area contributed by atoms with E-state index in [1.165, 1.54) is 5.56 Å². The van der Waals surface area contributed by atoms with Crippen molar-refractivity contribution in [3.63, 3.8) is 0 Å². The van der Waals surface area contributed by atoms with Crippen molar-refractivity contribution in [3.8, 4) is 17.9 Å². The zero-order chi connectivity index (χ0) is 31.2. The minimum Gasteiger partial charge on any atom is -0.490 e. The Kier molecular flexibility index (Phi) is 9.42. The van der Waals surface area contributed by atoms with Crippen molar-refractivity contribution in [3.05, 3.63) is 95.2 Å². The number of fused-ring (bicyclic) bond motifs is 1. The Labute approximate surface area is 263 Å². The van der Waals surface area contributed by atoms with E-state index in [4.69, 9.17) is 19.7 Å². The van der Waals surface area contributed by atoms with Crippen LogP contribution in [-0.4, -0.2) is 41.1 Å². The molecule has 1 saturated carbocycles. The molecule has 9 nitrogen and oxygen atoms in total. The fourth-order valence-corrected chi connectivity index (χ4v) is 6.27. The number of anilines is 1. The van der Waals surface area contributed by atoms with Crippen LogP contribution in [0.2, 0.25) is 0 Å². The maximum Gasteiger partial charge on any atom is 0.227 e. The number of nitriles is 2. The van der Waals surface area contributed by atoms with Crippen LogP contribution in [0.1, 0.15) is 67.2 Å². The van der Waals surface area contributed by atoms with Gasteiger partial charge in [0.05, 0.1) is 29.4 Å². The molecule has 1 unspecified atom stereocenters. The number of benzene rings is 3. The third-order valence-electron chi connectivity index (χ3n) is 8.87. The molecule has 0 bridgehead atoms. The molecule has 0 spiro atoms. The number of rotatable bonds is 9. The van der Waals surface area contributed by atoms with Gasteiger partial charge in [-0.2, -0.15) is 10.5 Å². The van der Waals surface area contributed by atoms with Crippen LogP contribution in [-0.2, 0) is 11.3 Å². The molecular formula is C36H37N5O4. The Morgan fingerprint density at radius 1 is 0.911 bits per heavy atom. The van der Waals surface area contributed by atoms with E-state index in [-0.39, 0.29) is 24.0 Å². The summed E-state index contributed by atoms with van der Waals surface area (Å²) in [5.74, 6) is 1.12. The molecule has 2 fully saturated rings. The summed E-state index contributed by atoms with van der Waals surface area (Å²) in [5.41, 5.74) is 3.82. The van der Waals surface area contributed by atoms with Crippen molar-refractivity contribution >= 4 is 22.6 Å². The van der Waals surface area contributed by atoms with Gasteiger partial charge in [-0.3, -0.25) is 15.0 Å². The Balaban J connectivity index is 0.962. The predicted molar refractivity (Wildman–Crippen MR) is 170 cm³/mol. The SMILES string of the molecule is N#Cc1ccc(CN2CCC(NC(O)c3cc4cc(NC(=O)C5CCC(Oc6ccc(C#N)cc6)CC5)ccc4o3)CC2)cc1. The number of nitrogens with one attached hydrogen (secondary N) is 2. The van der Waals surface area contributed by atoms with Crippen molar-refractivity contribution < 1.29 is 19.1 Å². The van der Waals surface area contributed by atoms with Crippen LogP contribution >= 0.6 is 0 Å². The number of nitrogens with zero attached hydrogens (tertiary/aromatic N) is 3. The number of carbonyl (C=O) groups excluding carboxylic acids is 1. The van der Waals surface area contributed by atoms with E-state index in [1.54, 1.807) is 12.1 Å². The molecule has 2 aliphatic rings. The van der Waals surface area contributed by atoms with E-state index >= 15 is 0 Å². The molecule has 3 N–H and O–H groups in total. The molecule has 1 saturated heterocycles. The van der Waals surface area contributed by atoms with Crippen LogP contribution in [0.25, 0.3) is 11.0 Å². The van der Waals surface area contributed by atoms with Crippen LogP contribution in [0, 0.1) is 28.6 Å². The Morgan fingerprint density at radius 3 is 2.24 bits per heavy atom. The number of hydrogen-bond donors (Lipinski definition) is 3. The zero-order valence-corrected chi connectivity index (χ0v) is 25.1. The third-order valence-corrected chi connectivity index (χ3v) is 8.87. The summed E-state index contributed by atoms with van der Waals surface area (Å²) in [6.45, 7) is 2.68. The lowest BCUT2D eigenvalue weighted by Gasteiger charge is -2.33. The van der Waals surface area contributed by atoms with Crippen LogP contribution in [0.4, 0.5) is 5.69 Å². The van der Waals surface area contributed by atoms with Gasteiger partial charge < -0.3 is 19.6 Å². The minimum atomic E-state index is -0.924. The van der Waals surface area contributed by atoms with Crippen LogP contribution in [0.3, 0.4) is 0 Å². The van der Waals surface area contributed by atoms with Gasteiger partial charge in [-0.1, -0.05) is 12.1 Å². The molecule has 6 rings (SSSR count). The highest BCUT2D eigenvalue weighted by molar-refractivity contribution is 5.95. The molecule has 9 heteroatoms. The van der Waals surface area contributed by atoms with Gasteiger partial charge in [0.1, 0.15) is 17.1 Å². The first-order valence-corrected chi connectivity index (χ1v) is 15.6. The number of carbonyl (C=O) groups is 1. The Morgan fingerprint density at radius 2 is 1.58 bits per heavy atom. The molecule has 1 aliphatic heterocycles. The van der Waals surface area contributed by atoms with Crippen LogP contribution in [0.15, 0.2) is 77.2 Å². The predicted octanol–water partition coefficient (Wildman–Crippen LogP) is 6.00. The standard InChI is InChI=1S/C36H37N5O4/c37-21-24-1-3-26(4-2-24)23-41-17-15-29(16-18-41)39-36(43)34-20-28-19-30(9-14-33(28)45-34)40-35(42)27-7-12-32(13-8-27)44-31-10-5-25(22-38)6-11-31/h1-6,9-11,14,19-20,27,29,32,36,39,43H,7-8,12-13,15-18,23H2,(H,40,42). The third kappa shape index (κ3) is 7.71. The van der Waals surface area contributed by atoms with Gasteiger partial charge in [-0.25, -0.2) is 0 Å². The first-order valence-electron chi connectivity index (χ1n) is 15.6. The average Bonchev–Trinajstić information content (AvgIpc) is 3.50. The van der Waals surface area contributed by atoms with Gasteiger partial charge in [0.25, 0.3) is 0 Å². The summed E-state index contributed by atoms with van der Waals surface area (Å²) in [6, 6.07) is 26.6. The number of ether oxygens (including phenoxy) is 1. The first-order chi connectivity index (χ1) is 21.9. The Hall–Kier alpha value is -4.67. The van der Waals surface area contributed by atoms with Crippen molar-refractivity contribution in [1.29, 1.82) is 10.5 Å². The van der Waals surface area contributed by atoms with Gasteiger partial charge in [-0.15, -0.1) is 0 Å². The topological polar surface area (TPSA) is 135 Å². The minimum absolute atomic E-state index is 0.00196. The van der Waals surface area contributed by atoms with E-state index < -0.39 is 6.23 Å². The number of hydrogen-bond acceptors (Lipinski definition) is 8. The smallest absolute Gasteiger partial charge is 0.227 e. The van der Waals surface area contributed by atoms with Gasteiger partial charge in [-0.05, 0) is 118 Å². The number of furan rings is 1. The maximum atomic E-state index is 13.1. The second-order valence-corrected chi connectivity index (χ2v) is 12.0. The highest BCUT2D eigenvalue weighted by atomic mass is 16.5. The summed E-state index contributed by atoms with van der Waals surface area (Å²) in [7, 11) is 0. The van der Waals surface area contributed by atoms with E-state index in [1.807, 2.05) is 60.7 Å². The maximum absolute atomic E-state index is 13.1. The van der Waals surface area contributed by atoms with E-state index in [0.29, 0.717) is 28.2 Å². The zero-order valence-electron chi connectivity index (χ0n) is 25.1. The molecule has 1 aliphatic carbocycles. The van der Waals surface area contributed by atoms with Gasteiger partial charge in [0.15, 0.2) is 6.23 Å². The summed E-state index contributed by atoms with van der Waals surface area (Å²) >= 11 is 0. The molecule has 1 aromatic heterocycles. The van der Waals surface area contributed by atoms with Crippen molar-refractivity contribution in [2.45, 2.75) is 63.4 Å². The average molecular weight is 604 g/mol. The lowest BCUT2D eigenvalue weighted by molar-refractivity contribution is -0.121. The lowest BCUT2D eigenvalue weighted by Crippen LogP contribution is -2.43. The molecular weight excluding hydrogens is 566 g/mol. The number of piperidine rings is 1. The van der Waals surface area contributed by atoms with Crippen molar-refractivity contribution in [1.82, 2.24) is 10.2 Å². The van der Waals surface area contributed by atoms with Crippen molar-refractivity contribution in [2.75, 3.05) is 18.4 Å². The highest BCUT2D eigenvalue weighted by Crippen LogP contribution is 2.31. The number of aliphatic hydroxyl groups is 1. The fourth-order valence-electron chi connectivity index (χ4n) is 6.27. The monoisotopic (exact) mass is 603 g/mol. The molecule has 45 heavy (non-hydrogen) atoms. The van der Waals surface area contributed by atoms with Gasteiger partial charge in [0.2, 0.25) is 5.91 Å². The van der Waals surface area contributed by atoms with Crippen LogP contribution < -0.4 is 15.4 Å². The van der Waals surface area contributed by atoms with E-state index in [0.717, 1.165) is 69.3 Å².